The Balaban J connectivity index is 1.28. The van der Waals surface area contributed by atoms with Gasteiger partial charge in [0.15, 0.2) is 0 Å². The summed E-state index contributed by atoms with van der Waals surface area (Å²) in [7, 11) is 0. The number of nitrogens with zero attached hydrogens (tertiary/aromatic N) is 1. The van der Waals surface area contributed by atoms with E-state index < -0.39 is 6.09 Å². The maximum absolute atomic E-state index is 10.6. The largest absolute Gasteiger partial charge is 0.490 e. The molecule has 6 nitrogen and oxygen atoms in total. The molecular weight excluding hydrogens is 500 g/mol. The van der Waals surface area contributed by atoms with Crippen LogP contribution in [0.4, 0.5) is 4.79 Å². The minimum Gasteiger partial charge on any atom is -0.490 e. The molecule has 1 atom stereocenters. The van der Waals surface area contributed by atoms with Crippen LogP contribution in [0.1, 0.15) is 74.5 Å². The van der Waals surface area contributed by atoms with Gasteiger partial charge in [-0.15, -0.1) is 0 Å². The van der Waals surface area contributed by atoms with Crippen LogP contribution in [0.15, 0.2) is 60.9 Å². The Kier molecular flexibility index (Phi) is 8.20. The van der Waals surface area contributed by atoms with E-state index in [1.165, 1.54) is 5.56 Å². The summed E-state index contributed by atoms with van der Waals surface area (Å²) in [5, 5.41) is 11.8. The first-order valence-corrected chi connectivity index (χ1v) is 13.9. The molecule has 2 saturated carbocycles. The average Bonchev–Trinajstić information content (AvgIpc) is 3.85. The number of nitrogens with one attached hydrogen (secondary N) is 1. The first-order valence-electron chi connectivity index (χ1n) is 13.5. The van der Waals surface area contributed by atoms with E-state index in [4.69, 9.17) is 26.2 Å². The third-order valence-electron chi connectivity index (χ3n) is 7.49. The lowest BCUT2D eigenvalue weighted by molar-refractivity contribution is 0.0173. The summed E-state index contributed by atoms with van der Waals surface area (Å²) >= 11 is 6.60. The summed E-state index contributed by atoms with van der Waals surface area (Å²) in [4.78, 5) is 15.1. The molecule has 0 spiro atoms. The molecule has 2 aliphatic rings. The van der Waals surface area contributed by atoms with Gasteiger partial charge in [-0.25, -0.2) is 4.79 Å². The molecule has 3 aromatic rings. The maximum Gasteiger partial charge on any atom is 0.404 e. The van der Waals surface area contributed by atoms with Gasteiger partial charge in [-0.1, -0.05) is 55.3 Å². The van der Waals surface area contributed by atoms with Crippen molar-refractivity contribution < 1.29 is 19.4 Å². The second kappa shape index (κ2) is 11.7. The molecule has 1 amide bonds. The molecule has 0 bridgehead atoms. The third kappa shape index (κ3) is 6.48. The lowest BCUT2D eigenvalue weighted by Crippen LogP contribution is -2.21. The van der Waals surface area contributed by atoms with Crippen molar-refractivity contribution in [2.45, 2.75) is 76.1 Å². The Morgan fingerprint density at radius 3 is 2.74 bits per heavy atom. The van der Waals surface area contributed by atoms with Gasteiger partial charge in [0.25, 0.3) is 0 Å². The van der Waals surface area contributed by atoms with Gasteiger partial charge in [0, 0.05) is 35.1 Å². The van der Waals surface area contributed by atoms with Crippen molar-refractivity contribution >= 4 is 17.7 Å². The lowest BCUT2D eigenvalue weighted by atomic mass is 9.94. The van der Waals surface area contributed by atoms with Gasteiger partial charge in [-0.2, -0.15) is 0 Å². The van der Waals surface area contributed by atoms with Crippen LogP contribution < -0.4 is 10.1 Å². The predicted molar refractivity (Wildman–Crippen MR) is 149 cm³/mol. The lowest BCUT2D eigenvalue weighted by Gasteiger charge is -2.22. The zero-order valence-corrected chi connectivity index (χ0v) is 22.5. The standard InChI is InChI=1S/C31H35ClN2O4/c1-21(6-4-5-16-34-30(35)36)22-9-12-28(32)23(18-22)20-37-31(14-15-31)27-19-33-17-13-25(27)26-7-2-3-8-29(26)38-24-10-11-24/h2-3,7-9,12-13,17-19,21,24,34H,4-6,10-11,14-16,20H2,1H3,(H,35,36). The zero-order chi connectivity index (χ0) is 26.5. The number of ether oxygens (including phenoxy) is 2. The molecule has 1 unspecified atom stereocenters. The van der Waals surface area contributed by atoms with Gasteiger partial charge in [-0.3, -0.25) is 4.98 Å². The van der Waals surface area contributed by atoms with E-state index in [0.717, 1.165) is 72.9 Å². The first kappa shape index (κ1) is 26.5. The number of pyridine rings is 1. The van der Waals surface area contributed by atoms with Crippen LogP contribution in [0.2, 0.25) is 5.02 Å². The van der Waals surface area contributed by atoms with Gasteiger partial charge in [0.1, 0.15) is 5.75 Å². The van der Waals surface area contributed by atoms with Crippen LogP contribution in [0.3, 0.4) is 0 Å². The summed E-state index contributed by atoms with van der Waals surface area (Å²) in [6, 6.07) is 16.5. The number of hydrogen-bond acceptors (Lipinski definition) is 4. The number of rotatable bonds is 13. The third-order valence-corrected chi connectivity index (χ3v) is 7.86. The molecule has 0 radical (unpaired) electrons. The molecule has 2 aliphatic carbocycles. The molecule has 0 aliphatic heterocycles. The number of para-hydroxylation sites is 1. The maximum atomic E-state index is 10.6. The molecule has 38 heavy (non-hydrogen) atoms. The number of aromatic nitrogens is 1. The van der Waals surface area contributed by atoms with Crippen LogP contribution >= 0.6 is 11.6 Å². The highest BCUT2D eigenvalue weighted by Gasteiger charge is 2.47. The molecule has 200 valence electrons. The second-order valence-electron chi connectivity index (χ2n) is 10.5. The number of amides is 1. The average molecular weight is 535 g/mol. The normalized spacial score (nSPS) is 16.6. The molecule has 0 saturated heterocycles. The number of carboxylic acid groups (broad SMARTS) is 1. The monoisotopic (exact) mass is 534 g/mol. The second-order valence-corrected chi connectivity index (χ2v) is 10.9. The summed E-state index contributed by atoms with van der Waals surface area (Å²) in [5.41, 5.74) is 5.12. The van der Waals surface area contributed by atoms with Crippen molar-refractivity contribution in [3.05, 3.63) is 82.6 Å². The van der Waals surface area contributed by atoms with Crippen LogP contribution in [0.25, 0.3) is 11.1 Å². The fourth-order valence-electron chi connectivity index (χ4n) is 4.92. The smallest absolute Gasteiger partial charge is 0.404 e. The topological polar surface area (TPSA) is 80.7 Å². The van der Waals surface area contributed by atoms with Crippen LogP contribution in [0.5, 0.6) is 5.75 Å². The van der Waals surface area contributed by atoms with Gasteiger partial charge >= 0.3 is 6.09 Å². The van der Waals surface area contributed by atoms with Crippen molar-refractivity contribution in [2.24, 2.45) is 0 Å². The Hall–Kier alpha value is -3.09. The number of halogens is 1. The number of benzene rings is 2. The van der Waals surface area contributed by atoms with Gasteiger partial charge in [0.2, 0.25) is 0 Å². The fourth-order valence-corrected chi connectivity index (χ4v) is 5.09. The van der Waals surface area contributed by atoms with Gasteiger partial charge < -0.3 is 19.9 Å². The highest BCUT2D eigenvalue weighted by molar-refractivity contribution is 6.31. The summed E-state index contributed by atoms with van der Waals surface area (Å²) in [5.74, 6) is 1.26. The highest BCUT2D eigenvalue weighted by Crippen LogP contribution is 2.53. The van der Waals surface area contributed by atoms with Crippen molar-refractivity contribution in [1.82, 2.24) is 10.3 Å². The van der Waals surface area contributed by atoms with Crippen LogP contribution in [0, 0.1) is 0 Å². The molecule has 2 N–H and O–H groups in total. The number of carbonyl (C=O) groups is 1. The predicted octanol–water partition coefficient (Wildman–Crippen LogP) is 7.69. The minimum absolute atomic E-state index is 0.325. The van der Waals surface area contributed by atoms with E-state index >= 15 is 0 Å². The fraction of sp³-hybridized carbons (Fsp3) is 0.419. The van der Waals surface area contributed by atoms with E-state index in [0.29, 0.717) is 30.2 Å². The quantitative estimate of drug-likeness (QED) is 0.220. The molecule has 1 heterocycles. The Morgan fingerprint density at radius 2 is 1.97 bits per heavy atom. The number of unbranched alkanes of at least 4 members (excludes halogenated alkanes) is 1. The van der Waals surface area contributed by atoms with E-state index in [1.807, 2.05) is 30.6 Å². The van der Waals surface area contributed by atoms with Crippen LogP contribution in [-0.2, 0) is 16.9 Å². The molecule has 7 heteroatoms. The summed E-state index contributed by atoms with van der Waals surface area (Å²) in [6.07, 6.45) is 10.0. The first-order chi connectivity index (χ1) is 18.4. The van der Waals surface area contributed by atoms with E-state index in [9.17, 15) is 4.79 Å². The van der Waals surface area contributed by atoms with E-state index in [2.05, 4.69) is 47.6 Å². The van der Waals surface area contributed by atoms with E-state index in [-0.39, 0.29) is 5.60 Å². The SMILES string of the molecule is CC(CCCCNC(=O)O)c1ccc(Cl)c(COC2(c3cnccc3-c3ccccc3OC3CC3)CC2)c1. The Morgan fingerprint density at radius 1 is 1.16 bits per heavy atom. The molecule has 2 aromatic carbocycles. The minimum atomic E-state index is -0.969. The summed E-state index contributed by atoms with van der Waals surface area (Å²) < 4.78 is 12.9. The molecule has 5 rings (SSSR count). The van der Waals surface area contributed by atoms with Crippen LogP contribution in [-0.4, -0.2) is 28.8 Å². The van der Waals surface area contributed by atoms with Crippen molar-refractivity contribution in [3.63, 3.8) is 0 Å². The highest BCUT2D eigenvalue weighted by atomic mass is 35.5. The van der Waals surface area contributed by atoms with Gasteiger partial charge in [-0.05, 0) is 79.3 Å². The zero-order valence-electron chi connectivity index (χ0n) is 21.8. The van der Waals surface area contributed by atoms with Crippen molar-refractivity contribution in [1.29, 1.82) is 0 Å². The number of hydrogen-bond donors (Lipinski definition) is 2. The van der Waals surface area contributed by atoms with Crippen molar-refractivity contribution in [2.75, 3.05) is 6.54 Å². The molecule has 1 aromatic heterocycles. The molecular formula is C31H35ClN2O4. The van der Waals surface area contributed by atoms with Gasteiger partial charge in [0.05, 0.1) is 18.3 Å². The summed E-state index contributed by atoms with van der Waals surface area (Å²) in [6.45, 7) is 3.11. The Bertz CT molecular complexity index is 1270. The molecule has 2 fully saturated rings. The van der Waals surface area contributed by atoms with Crippen molar-refractivity contribution in [3.8, 4) is 16.9 Å². The Labute approximate surface area is 229 Å². The van der Waals surface area contributed by atoms with E-state index in [1.54, 1.807) is 0 Å².